The maximum atomic E-state index is 13.1. The number of rotatable bonds is 6. The Labute approximate surface area is 181 Å². The predicted molar refractivity (Wildman–Crippen MR) is 118 cm³/mol. The van der Waals surface area contributed by atoms with Gasteiger partial charge in [0.25, 0.3) is 0 Å². The Morgan fingerprint density at radius 1 is 1.03 bits per heavy atom. The first-order valence-corrected chi connectivity index (χ1v) is 13.1. The van der Waals surface area contributed by atoms with E-state index in [9.17, 15) is 13.2 Å². The molecule has 0 bridgehead atoms. The molecule has 1 atom stereocenters. The van der Waals surface area contributed by atoms with Crippen molar-refractivity contribution < 1.29 is 13.2 Å². The summed E-state index contributed by atoms with van der Waals surface area (Å²) in [6.07, 6.45) is 7.87. The molecule has 166 valence electrons. The van der Waals surface area contributed by atoms with E-state index in [4.69, 9.17) is 0 Å². The van der Waals surface area contributed by atoms with E-state index in [1.54, 1.807) is 10.4 Å². The van der Waals surface area contributed by atoms with Crippen LogP contribution in [0.2, 0.25) is 0 Å². The van der Waals surface area contributed by atoms with E-state index in [0.29, 0.717) is 43.4 Å². The molecule has 1 N–H and O–H groups in total. The number of amides is 1. The molecule has 1 amide bonds. The van der Waals surface area contributed by atoms with Gasteiger partial charge >= 0.3 is 0 Å². The molecule has 2 aliphatic heterocycles. The van der Waals surface area contributed by atoms with E-state index < -0.39 is 10.0 Å². The van der Waals surface area contributed by atoms with Crippen LogP contribution >= 0.6 is 0 Å². The third-order valence-corrected chi connectivity index (χ3v) is 9.09. The van der Waals surface area contributed by atoms with Crippen molar-refractivity contribution in [2.75, 3.05) is 32.7 Å². The molecule has 0 spiro atoms. The van der Waals surface area contributed by atoms with E-state index >= 15 is 0 Å². The lowest BCUT2D eigenvalue weighted by Gasteiger charge is -2.31. The minimum Gasteiger partial charge on any atom is -0.354 e. The fourth-order valence-electron chi connectivity index (χ4n) is 5.28. The second-order valence-electron chi connectivity index (χ2n) is 8.99. The highest BCUT2D eigenvalue weighted by Gasteiger charge is 2.33. The van der Waals surface area contributed by atoms with Crippen LogP contribution in [-0.2, 0) is 27.7 Å². The molecule has 0 radical (unpaired) electrons. The summed E-state index contributed by atoms with van der Waals surface area (Å²) in [7, 11) is -3.49. The van der Waals surface area contributed by atoms with Crippen LogP contribution in [0.5, 0.6) is 0 Å². The Morgan fingerprint density at radius 2 is 1.77 bits per heavy atom. The fraction of sp³-hybridized carbons (Fsp3) is 0.696. The van der Waals surface area contributed by atoms with Gasteiger partial charge in [0, 0.05) is 31.6 Å². The topological polar surface area (TPSA) is 69.7 Å². The van der Waals surface area contributed by atoms with Crippen molar-refractivity contribution in [3.63, 3.8) is 0 Å². The van der Waals surface area contributed by atoms with Gasteiger partial charge < -0.3 is 5.32 Å². The Morgan fingerprint density at radius 3 is 2.50 bits per heavy atom. The molecule has 2 fully saturated rings. The zero-order chi connectivity index (χ0) is 21.1. The van der Waals surface area contributed by atoms with Gasteiger partial charge in [-0.05, 0) is 87.7 Å². The summed E-state index contributed by atoms with van der Waals surface area (Å²) in [4.78, 5) is 15.5. The van der Waals surface area contributed by atoms with Crippen LogP contribution in [0.1, 0.15) is 56.6 Å². The van der Waals surface area contributed by atoms with Crippen LogP contribution in [-0.4, -0.2) is 62.3 Å². The maximum absolute atomic E-state index is 13.1. The number of benzene rings is 1. The van der Waals surface area contributed by atoms with Crippen molar-refractivity contribution in [1.29, 1.82) is 0 Å². The fourth-order valence-corrected chi connectivity index (χ4v) is 6.80. The van der Waals surface area contributed by atoms with Gasteiger partial charge in [0.2, 0.25) is 15.9 Å². The average molecular weight is 434 g/mol. The van der Waals surface area contributed by atoms with Gasteiger partial charge in [-0.15, -0.1) is 0 Å². The Bertz CT molecular complexity index is 862. The van der Waals surface area contributed by atoms with E-state index in [0.717, 1.165) is 38.8 Å². The van der Waals surface area contributed by atoms with E-state index in [1.807, 2.05) is 12.1 Å². The monoisotopic (exact) mass is 433 g/mol. The molecular formula is C23H35N3O3S. The molecule has 2 saturated heterocycles. The molecule has 0 aromatic heterocycles. The summed E-state index contributed by atoms with van der Waals surface area (Å²) in [6.45, 7) is 5.86. The number of carbonyl (C=O) groups is 1. The summed E-state index contributed by atoms with van der Waals surface area (Å²) in [6, 6.07) is 6.08. The van der Waals surface area contributed by atoms with Crippen LogP contribution in [0.15, 0.2) is 23.1 Å². The van der Waals surface area contributed by atoms with Gasteiger partial charge in [0.1, 0.15) is 0 Å². The zero-order valence-electron chi connectivity index (χ0n) is 18.1. The number of aryl methyl sites for hydroxylation is 2. The Hall–Kier alpha value is -1.44. The molecule has 1 aromatic rings. The third kappa shape index (κ3) is 4.58. The van der Waals surface area contributed by atoms with Crippen LogP contribution in [0.25, 0.3) is 0 Å². The molecule has 1 unspecified atom stereocenters. The van der Waals surface area contributed by atoms with Crippen molar-refractivity contribution in [2.24, 2.45) is 5.92 Å². The first-order chi connectivity index (χ1) is 14.5. The van der Waals surface area contributed by atoms with Crippen molar-refractivity contribution in [3.05, 3.63) is 29.3 Å². The highest BCUT2D eigenvalue weighted by atomic mass is 32.2. The van der Waals surface area contributed by atoms with Gasteiger partial charge in [0.15, 0.2) is 0 Å². The van der Waals surface area contributed by atoms with Crippen molar-refractivity contribution in [3.8, 4) is 0 Å². The normalized spacial score (nSPS) is 24.0. The lowest BCUT2D eigenvalue weighted by molar-refractivity contribution is -0.126. The summed E-state index contributed by atoms with van der Waals surface area (Å²) >= 11 is 0. The number of nitrogens with zero attached hydrogens (tertiary/aromatic N) is 2. The molecule has 0 saturated carbocycles. The first kappa shape index (κ1) is 21.8. The number of hydrogen-bond donors (Lipinski definition) is 1. The number of likely N-dealkylation sites (N-methyl/N-ethyl adjacent to an activating group) is 1. The molecule has 4 rings (SSSR count). The minimum absolute atomic E-state index is 0.0866. The number of sulfonamides is 1. The largest absolute Gasteiger partial charge is 0.354 e. The van der Waals surface area contributed by atoms with Gasteiger partial charge in [0.05, 0.1) is 4.90 Å². The highest BCUT2D eigenvalue weighted by molar-refractivity contribution is 7.89. The number of piperidine rings is 1. The van der Waals surface area contributed by atoms with E-state index in [2.05, 4.69) is 17.1 Å². The summed E-state index contributed by atoms with van der Waals surface area (Å²) in [5, 5.41) is 3.13. The Balaban J connectivity index is 1.32. The lowest BCUT2D eigenvalue weighted by atomic mass is 9.92. The predicted octanol–water partition coefficient (Wildman–Crippen LogP) is 2.57. The Kier molecular flexibility index (Phi) is 6.80. The van der Waals surface area contributed by atoms with Gasteiger partial charge in [-0.25, -0.2) is 8.42 Å². The van der Waals surface area contributed by atoms with Gasteiger partial charge in [-0.3, -0.25) is 9.69 Å². The molecule has 6 nitrogen and oxygen atoms in total. The van der Waals surface area contributed by atoms with E-state index in [1.165, 1.54) is 24.0 Å². The number of hydrogen-bond acceptors (Lipinski definition) is 4. The third-order valence-electron chi connectivity index (χ3n) is 7.20. The molecule has 3 aliphatic rings. The standard InChI is InChI=1S/C23H35N3O3S/c1-2-25-13-5-8-21(25)17-24-23(27)19-11-14-26(15-12-19)30(28,29)22-10-9-18-6-3-4-7-20(18)16-22/h9-10,16,19,21H,2-8,11-15,17H2,1H3,(H,24,27). The molecule has 7 heteroatoms. The van der Waals surface area contributed by atoms with Crippen LogP contribution in [0.3, 0.4) is 0 Å². The average Bonchev–Trinajstić information content (AvgIpc) is 3.25. The SMILES string of the molecule is CCN1CCCC1CNC(=O)C1CCN(S(=O)(=O)c2ccc3c(c2)CCCC3)CC1. The van der Waals surface area contributed by atoms with Crippen LogP contribution < -0.4 is 5.32 Å². The van der Waals surface area contributed by atoms with Crippen LogP contribution in [0.4, 0.5) is 0 Å². The summed E-state index contributed by atoms with van der Waals surface area (Å²) in [5.41, 5.74) is 2.48. The molecule has 2 heterocycles. The molecule has 30 heavy (non-hydrogen) atoms. The van der Waals surface area contributed by atoms with Gasteiger partial charge in [-0.2, -0.15) is 4.31 Å². The van der Waals surface area contributed by atoms with Crippen molar-refractivity contribution >= 4 is 15.9 Å². The summed E-state index contributed by atoms with van der Waals surface area (Å²) in [5.74, 6) is 0.000226. The van der Waals surface area contributed by atoms with Crippen LogP contribution in [0, 0.1) is 5.92 Å². The first-order valence-electron chi connectivity index (χ1n) is 11.6. The van der Waals surface area contributed by atoms with Crippen molar-refractivity contribution in [1.82, 2.24) is 14.5 Å². The highest BCUT2D eigenvalue weighted by Crippen LogP contribution is 2.28. The van der Waals surface area contributed by atoms with Gasteiger partial charge in [-0.1, -0.05) is 13.0 Å². The minimum atomic E-state index is -3.49. The molecule has 1 aliphatic carbocycles. The summed E-state index contributed by atoms with van der Waals surface area (Å²) < 4.78 is 27.8. The number of likely N-dealkylation sites (tertiary alicyclic amines) is 1. The maximum Gasteiger partial charge on any atom is 0.243 e. The molecular weight excluding hydrogens is 398 g/mol. The second kappa shape index (κ2) is 9.37. The quantitative estimate of drug-likeness (QED) is 0.749. The lowest BCUT2D eigenvalue weighted by Crippen LogP contribution is -2.45. The van der Waals surface area contributed by atoms with E-state index in [-0.39, 0.29) is 11.8 Å². The molecule has 1 aromatic carbocycles. The zero-order valence-corrected chi connectivity index (χ0v) is 18.9. The number of nitrogens with one attached hydrogen (secondary N) is 1. The smallest absolute Gasteiger partial charge is 0.243 e. The number of carbonyl (C=O) groups excluding carboxylic acids is 1. The number of fused-ring (bicyclic) bond motifs is 1. The van der Waals surface area contributed by atoms with Crippen molar-refractivity contribution in [2.45, 2.75) is 69.2 Å². The second-order valence-corrected chi connectivity index (χ2v) is 10.9.